The Morgan fingerprint density at radius 1 is 1.21 bits per heavy atom. The third-order valence-electron chi connectivity index (χ3n) is 2.33. The summed E-state index contributed by atoms with van der Waals surface area (Å²) >= 11 is 0. The van der Waals surface area contributed by atoms with E-state index in [2.05, 4.69) is 17.1 Å². The highest BCUT2D eigenvalue weighted by molar-refractivity contribution is 5.45. The minimum absolute atomic E-state index is 0.711. The summed E-state index contributed by atoms with van der Waals surface area (Å²) in [4.78, 5) is 4.18. The summed E-state index contributed by atoms with van der Waals surface area (Å²) in [6, 6.07) is 12.9. The maximum absolute atomic E-state index is 5.61. The predicted molar refractivity (Wildman–Crippen MR) is 52.4 cm³/mol. The minimum atomic E-state index is 0.711. The van der Waals surface area contributed by atoms with Crippen LogP contribution in [-0.2, 0) is 6.42 Å². The van der Waals surface area contributed by atoms with Crippen LogP contribution >= 0.6 is 0 Å². The Morgan fingerprint density at radius 3 is 3.14 bits per heavy atom. The van der Waals surface area contributed by atoms with Crippen LogP contribution in [-0.4, -0.2) is 4.98 Å². The van der Waals surface area contributed by atoms with Gasteiger partial charge in [0, 0.05) is 29.8 Å². The van der Waals surface area contributed by atoms with Crippen LogP contribution in [0.1, 0.15) is 11.1 Å². The van der Waals surface area contributed by atoms with Crippen molar-refractivity contribution in [3.8, 4) is 11.6 Å². The molecule has 0 aliphatic carbocycles. The smallest absolute Gasteiger partial charge is 0.222 e. The van der Waals surface area contributed by atoms with E-state index in [1.165, 1.54) is 5.56 Å². The van der Waals surface area contributed by atoms with Crippen molar-refractivity contribution in [2.75, 3.05) is 0 Å². The molecule has 67 valence electrons. The highest BCUT2D eigenvalue weighted by atomic mass is 16.5. The molecule has 0 bridgehead atoms. The Morgan fingerprint density at radius 2 is 2.14 bits per heavy atom. The average Bonchev–Trinajstić information content (AvgIpc) is 2.26. The number of nitrogens with zero attached hydrogens (tertiary/aromatic N) is 1. The minimum Gasteiger partial charge on any atom is -0.438 e. The average molecular weight is 182 g/mol. The molecule has 1 radical (unpaired) electrons. The molecule has 2 aromatic rings. The molecule has 1 aliphatic heterocycles. The summed E-state index contributed by atoms with van der Waals surface area (Å²) in [6.45, 7) is 0. The van der Waals surface area contributed by atoms with Crippen LogP contribution in [0.4, 0.5) is 0 Å². The van der Waals surface area contributed by atoms with E-state index in [9.17, 15) is 0 Å². The number of hydrogen-bond donors (Lipinski definition) is 0. The van der Waals surface area contributed by atoms with Gasteiger partial charge in [0.1, 0.15) is 5.75 Å². The number of rotatable bonds is 0. The van der Waals surface area contributed by atoms with Crippen LogP contribution in [0.25, 0.3) is 0 Å². The molecule has 2 nitrogen and oxygen atoms in total. The van der Waals surface area contributed by atoms with Gasteiger partial charge in [0.25, 0.3) is 0 Å². The number of benzene rings is 1. The number of hydrogen-bond acceptors (Lipinski definition) is 2. The van der Waals surface area contributed by atoms with Gasteiger partial charge in [-0.1, -0.05) is 24.3 Å². The normalized spacial score (nSPS) is 12.6. The van der Waals surface area contributed by atoms with Crippen molar-refractivity contribution in [2.24, 2.45) is 0 Å². The van der Waals surface area contributed by atoms with E-state index < -0.39 is 0 Å². The standard InChI is InChI=1S/C12H8NO/c1-2-6-11-9(4-1)8-10-5-3-7-13-12(10)14-11/h1-5,7H,8H2. The third-order valence-corrected chi connectivity index (χ3v) is 2.33. The SMILES string of the molecule is [c]1cccc2c1Oc1ncccc1C2. The zero-order chi connectivity index (χ0) is 9.38. The van der Waals surface area contributed by atoms with E-state index in [-0.39, 0.29) is 0 Å². The monoisotopic (exact) mass is 182 g/mol. The summed E-state index contributed by atoms with van der Waals surface area (Å²) in [7, 11) is 0. The lowest BCUT2D eigenvalue weighted by Crippen LogP contribution is -2.03. The molecule has 1 aromatic carbocycles. The van der Waals surface area contributed by atoms with Crippen molar-refractivity contribution in [2.45, 2.75) is 6.42 Å². The van der Waals surface area contributed by atoms with Crippen molar-refractivity contribution in [1.29, 1.82) is 0 Å². The van der Waals surface area contributed by atoms with E-state index in [4.69, 9.17) is 4.74 Å². The topological polar surface area (TPSA) is 22.1 Å². The van der Waals surface area contributed by atoms with Crippen molar-refractivity contribution >= 4 is 0 Å². The Labute approximate surface area is 82.2 Å². The zero-order valence-electron chi connectivity index (χ0n) is 7.53. The highest BCUT2D eigenvalue weighted by Crippen LogP contribution is 2.33. The van der Waals surface area contributed by atoms with Crippen LogP contribution in [0.3, 0.4) is 0 Å². The molecule has 0 atom stereocenters. The molecule has 3 rings (SSSR count). The lowest BCUT2D eigenvalue weighted by Gasteiger charge is -2.17. The van der Waals surface area contributed by atoms with Crippen molar-refractivity contribution in [1.82, 2.24) is 4.98 Å². The Kier molecular flexibility index (Phi) is 1.53. The molecule has 0 fully saturated rings. The van der Waals surface area contributed by atoms with Gasteiger partial charge in [0.2, 0.25) is 5.88 Å². The first-order chi connectivity index (χ1) is 6.93. The van der Waals surface area contributed by atoms with Crippen molar-refractivity contribution in [3.63, 3.8) is 0 Å². The molecule has 1 aromatic heterocycles. The molecule has 2 heterocycles. The Bertz CT molecular complexity index is 392. The van der Waals surface area contributed by atoms with E-state index in [1.807, 2.05) is 24.3 Å². The van der Waals surface area contributed by atoms with E-state index in [1.54, 1.807) is 6.20 Å². The second-order valence-corrected chi connectivity index (χ2v) is 3.27. The quantitative estimate of drug-likeness (QED) is 0.533. The van der Waals surface area contributed by atoms with Crippen LogP contribution in [0.15, 0.2) is 36.5 Å². The van der Waals surface area contributed by atoms with Crippen LogP contribution in [0.5, 0.6) is 11.6 Å². The van der Waals surface area contributed by atoms with Crippen LogP contribution in [0, 0.1) is 6.07 Å². The summed E-state index contributed by atoms with van der Waals surface area (Å²) < 4.78 is 5.61. The fourth-order valence-corrected chi connectivity index (χ4v) is 1.64. The van der Waals surface area contributed by atoms with Crippen LogP contribution < -0.4 is 4.74 Å². The molecule has 0 spiro atoms. The maximum Gasteiger partial charge on any atom is 0.222 e. The first kappa shape index (κ1) is 7.56. The molecule has 14 heavy (non-hydrogen) atoms. The predicted octanol–water partition coefficient (Wildman–Crippen LogP) is 2.58. The maximum atomic E-state index is 5.61. The first-order valence-corrected chi connectivity index (χ1v) is 4.55. The van der Waals surface area contributed by atoms with Gasteiger partial charge >= 0.3 is 0 Å². The number of aromatic nitrogens is 1. The van der Waals surface area contributed by atoms with Crippen molar-refractivity contribution in [3.05, 3.63) is 53.7 Å². The molecule has 1 aliphatic rings. The largest absolute Gasteiger partial charge is 0.438 e. The zero-order valence-corrected chi connectivity index (χ0v) is 7.53. The van der Waals surface area contributed by atoms with E-state index in [0.717, 1.165) is 17.7 Å². The van der Waals surface area contributed by atoms with Gasteiger partial charge in [0.15, 0.2) is 0 Å². The molecule has 0 unspecified atom stereocenters. The van der Waals surface area contributed by atoms with Gasteiger partial charge < -0.3 is 4.74 Å². The summed E-state index contributed by atoms with van der Waals surface area (Å²) in [5.41, 5.74) is 2.31. The summed E-state index contributed by atoms with van der Waals surface area (Å²) in [5.74, 6) is 1.51. The molecule has 0 N–H and O–H groups in total. The number of pyridine rings is 1. The molecular weight excluding hydrogens is 174 g/mol. The Balaban J connectivity index is 2.12. The second kappa shape index (κ2) is 2.84. The number of para-hydroxylation sites is 1. The second-order valence-electron chi connectivity index (χ2n) is 3.27. The number of ether oxygens (including phenoxy) is 1. The fourth-order valence-electron chi connectivity index (χ4n) is 1.64. The highest BCUT2D eigenvalue weighted by Gasteiger charge is 2.16. The van der Waals surface area contributed by atoms with E-state index in [0.29, 0.717) is 5.88 Å². The van der Waals surface area contributed by atoms with Gasteiger partial charge in [-0.15, -0.1) is 0 Å². The molecule has 0 amide bonds. The lowest BCUT2D eigenvalue weighted by atomic mass is 10.0. The van der Waals surface area contributed by atoms with Gasteiger partial charge in [0.05, 0.1) is 0 Å². The third kappa shape index (κ3) is 1.08. The molecular formula is C12H8NO. The summed E-state index contributed by atoms with van der Waals surface area (Å²) in [5, 5.41) is 0. The molecule has 0 saturated carbocycles. The van der Waals surface area contributed by atoms with Gasteiger partial charge in [-0.3, -0.25) is 0 Å². The van der Waals surface area contributed by atoms with E-state index >= 15 is 0 Å². The first-order valence-electron chi connectivity index (χ1n) is 4.55. The van der Waals surface area contributed by atoms with Crippen molar-refractivity contribution < 1.29 is 4.74 Å². The molecule has 2 heteroatoms. The molecule has 0 saturated heterocycles. The Hall–Kier alpha value is -1.83. The van der Waals surface area contributed by atoms with Gasteiger partial charge in [-0.25, -0.2) is 4.98 Å². The van der Waals surface area contributed by atoms with Gasteiger partial charge in [-0.2, -0.15) is 0 Å². The fraction of sp³-hybridized carbons (Fsp3) is 0.0833. The van der Waals surface area contributed by atoms with Gasteiger partial charge in [-0.05, 0) is 6.07 Å². The summed E-state index contributed by atoms with van der Waals surface area (Å²) in [6.07, 6.45) is 2.63. The number of fused-ring (bicyclic) bond motifs is 2. The van der Waals surface area contributed by atoms with Crippen LogP contribution in [0.2, 0.25) is 0 Å². The lowest BCUT2D eigenvalue weighted by molar-refractivity contribution is 0.439.